The average Bonchev–Trinajstić information content (AvgIpc) is 2.67. The first kappa shape index (κ1) is 11.9. The summed E-state index contributed by atoms with van der Waals surface area (Å²) in [7, 11) is 4.17. The fourth-order valence-corrected chi connectivity index (χ4v) is 4.98. The maximum atomic E-state index is 5.61. The summed E-state index contributed by atoms with van der Waals surface area (Å²) in [5.74, 6) is 0.647. The Kier molecular flexibility index (Phi) is 2.55. The SMILES string of the molecule is COC1C=CC2=CC3=C4CCCCC4(C2C1)N(C)C3. The molecule has 3 unspecified atom stereocenters. The molecule has 0 saturated heterocycles. The Morgan fingerprint density at radius 2 is 2.26 bits per heavy atom. The van der Waals surface area contributed by atoms with Gasteiger partial charge in [-0.2, -0.15) is 0 Å². The van der Waals surface area contributed by atoms with E-state index in [0.29, 0.717) is 17.6 Å². The van der Waals surface area contributed by atoms with Crippen molar-refractivity contribution in [2.75, 3.05) is 20.7 Å². The topological polar surface area (TPSA) is 12.5 Å². The normalized spacial score (nSPS) is 41.1. The lowest BCUT2D eigenvalue weighted by Gasteiger charge is -2.50. The third-order valence-electron chi connectivity index (χ3n) is 5.83. The molecule has 2 bridgehead atoms. The first-order chi connectivity index (χ1) is 9.25. The van der Waals surface area contributed by atoms with Crippen LogP contribution in [0.4, 0.5) is 0 Å². The van der Waals surface area contributed by atoms with Gasteiger partial charge in [-0.1, -0.05) is 24.6 Å². The van der Waals surface area contributed by atoms with Crippen LogP contribution in [0.1, 0.15) is 32.1 Å². The lowest BCUT2D eigenvalue weighted by atomic mass is 9.62. The summed E-state index contributed by atoms with van der Waals surface area (Å²) >= 11 is 0. The van der Waals surface area contributed by atoms with E-state index in [9.17, 15) is 0 Å². The standard InChI is InChI=1S/C17H23NO/c1-18-11-13-9-12-6-7-14(19-2)10-16(12)17(18)8-4-3-5-15(13)17/h6-7,9,14,16H,3-5,8,10-11H2,1-2H3. The van der Waals surface area contributed by atoms with Gasteiger partial charge in [-0.3, -0.25) is 4.90 Å². The lowest BCUT2D eigenvalue weighted by molar-refractivity contribution is 0.0574. The summed E-state index contributed by atoms with van der Waals surface area (Å²) in [6, 6.07) is 0. The van der Waals surface area contributed by atoms with Gasteiger partial charge in [0.1, 0.15) is 0 Å². The van der Waals surface area contributed by atoms with Gasteiger partial charge in [0.05, 0.1) is 6.10 Å². The van der Waals surface area contributed by atoms with E-state index in [1.807, 2.05) is 7.11 Å². The van der Waals surface area contributed by atoms with E-state index in [1.165, 1.54) is 25.7 Å². The fraction of sp³-hybridized carbons (Fsp3) is 0.647. The number of hydrogen-bond acceptors (Lipinski definition) is 2. The van der Waals surface area contributed by atoms with Crippen LogP contribution in [0.25, 0.3) is 0 Å². The van der Waals surface area contributed by atoms with Gasteiger partial charge in [-0.15, -0.1) is 0 Å². The highest BCUT2D eigenvalue weighted by atomic mass is 16.5. The Balaban J connectivity index is 1.83. The minimum Gasteiger partial charge on any atom is -0.377 e. The largest absolute Gasteiger partial charge is 0.377 e. The molecule has 0 N–H and O–H groups in total. The quantitative estimate of drug-likeness (QED) is 0.716. The molecule has 2 heteroatoms. The molecule has 1 saturated carbocycles. The molecule has 0 aromatic carbocycles. The van der Waals surface area contributed by atoms with Gasteiger partial charge < -0.3 is 4.74 Å². The number of rotatable bonds is 1. The number of fused-ring (bicyclic) bond motifs is 1. The molecular weight excluding hydrogens is 234 g/mol. The third-order valence-corrected chi connectivity index (χ3v) is 5.83. The van der Waals surface area contributed by atoms with Crippen molar-refractivity contribution >= 4 is 0 Å². The molecule has 0 radical (unpaired) electrons. The Hall–Kier alpha value is -0.860. The number of nitrogens with zero attached hydrogens (tertiary/aromatic N) is 1. The molecule has 0 spiro atoms. The molecule has 1 aliphatic heterocycles. The van der Waals surface area contributed by atoms with Crippen LogP contribution in [-0.4, -0.2) is 37.2 Å². The molecular formula is C17H23NO. The van der Waals surface area contributed by atoms with Crippen LogP contribution in [-0.2, 0) is 4.74 Å². The lowest BCUT2D eigenvalue weighted by Crippen LogP contribution is -2.53. The van der Waals surface area contributed by atoms with Gasteiger partial charge >= 0.3 is 0 Å². The zero-order chi connectivity index (χ0) is 13.0. The fourth-order valence-electron chi connectivity index (χ4n) is 4.98. The summed E-state index contributed by atoms with van der Waals surface area (Å²) in [5.41, 5.74) is 5.27. The molecule has 2 nitrogen and oxygen atoms in total. The highest BCUT2D eigenvalue weighted by Crippen LogP contribution is 2.56. The minimum absolute atomic E-state index is 0.301. The van der Waals surface area contributed by atoms with Gasteiger partial charge in [0.15, 0.2) is 0 Å². The summed E-state index contributed by atoms with van der Waals surface area (Å²) in [5, 5.41) is 0. The van der Waals surface area contributed by atoms with E-state index < -0.39 is 0 Å². The predicted octanol–water partition coefficient (Wildman–Crippen LogP) is 3.07. The first-order valence-corrected chi connectivity index (χ1v) is 7.62. The van der Waals surface area contributed by atoms with Crippen LogP contribution in [0.15, 0.2) is 34.9 Å². The zero-order valence-electron chi connectivity index (χ0n) is 12.0. The molecule has 1 heterocycles. The predicted molar refractivity (Wildman–Crippen MR) is 77.0 cm³/mol. The van der Waals surface area contributed by atoms with E-state index in [-0.39, 0.29) is 0 Å². The van der Waals surface area contributed by atoms with E-state index in [2.05, 4.69) is 30.2 Å². The van der Waals surface area contributed by atoms with Crippen molar-refractivity contribution in [3.05, 3.63) is 34.9 Å². The van der Waals surface area contributed by atoms with Crippen molar-refractivity contribution in [1.29, 1.82) is 0 Å². The third kappa shape index (κ3) is 1.45. The average molecular weight is 257 g/mol. The van der Waals surface area contributed by atoms with Crippen molar-refractivity contribution in [2.24, 2.45) is 5.92 Å². The molecule has 3 aliphatic carbocycles. The van der Waals surface area contributed by atoms with Crippen LogP contribution in [0.3, 0.4) is 0 Å². The van der Waals surface area contributed by atoms with E-state index in [4.69, 9.17) is 4.74 Å². The van der Waals surface area contributed by atoms with E-state index in [1.54, 1.807) is 16.7 Å². The monoisotopic (exact) mass is 257 g/mol. The Bertz CT molecular complexity index is 501. The van der Waals surface area contributed by atoms with Crippen LogP contribution < -0.4 is 0 Å². The van der Waals surface area contributed by atoms with Gasteiger partial charge in [0.25, 0.3) is 0 Å². The molecule has 0 aromatic rings. The second-order valence-corrected chi connectivity index (χ2v) is 6.56. The van der Waals surface area contributed by atoms with Gasteiger partial charge in [-0.25, -0.2) is 0 Å². The number of ether oxygens (including phenoxy) is 1. The molecule has 0 aromatic heterocycles. The van der Waals surface area contributed by atoms with Crippen molar-refractivity contribution in [3.63, 3.8) is 0 Å². The van der Waals surface area contributed by atoms with Crippen molar-refractivity contribution in [2.45, 2.75) is 43.7 Å². The first-order valence-electron chi connectivity index (χ1n) is 7.62. The Morgan fingerprint density at radius 1 is 1.37 bits per heavy atom. The number of methoxy groups -OCH3 is 1. The maximum Gasteiger partial charge on any atom is 0.0761 e. The minimum atomic E-state index is 0.301. The van der Waals surface area contributed by atoms with Crippen molar-refractivity contribution < 1.29 is 4.74 Å². The number of hydrogen-bond donors (Lipinski definition) is 0. The molecule has 1 fully saturated rings. The van der Waals surface area contributed by atoms with Crippen LogP contribution in [0, 0.1) is 5.92 Å². The van der Waals surface area contributed by atoms with Crippen LogP contribution >= 0.6 is 0 Å². The summed E-state index contributed by atoms with van der Waals surface area (Å²) in [6.07, 6.45) is 13.9. The molecule has 4 rings (SSSR count). The molecule has 3 atom stereocenters. The summed E-state index contributed by atoms with van der Waals surface area (Å²) in [6.45, 7) is 1.15. The van der Waals surface area contributed by atoms with Crippen molar-refractivity contribution in [3.8, 4) is 0 Å². The summed E-state index contributed by atoms with van der Waals surface area (Å²) in [4.78, 5) is 2.64. The van der Waals surface area contributed by atoms with Gasteiger partial charge in [0, 0.05) is 25.1 Å². The smallest absolute Gasteiger partial charge is 0.0761 e. The number of likely N-dealkylation sites (N-methyl/N-ethyl adjacent to an activating group) is 1. The number of allylic oxidation sites excluding steroid dienone is 1. The van der Waals surface area contributed by atoms with E-state index in [0.717, 1.165) is 13.0 Å². The highest BCUT2D eigenvalue weighted by Gasteiger charge is 2.54. The maximum absolute atomic E-state index is 5.61. The van der Waals surface area contributed by atoms with Gasteiger partial charge in [-0.05, 0) is 49.5 Å². The van der Waals surface area contributed by atoms with Crippen LogP contribution in [0.2, 0.25) is 0 Å². The summed E-state index contributed by atoms with van der Waals surface area (Å²) < 4.78 is 5.61. The molecule has 102 valence electrons. The highest BCUT2D eigenvalue weighted by molar-refractivity contribution is 5.53. The Labute approximate surface area is 115 Å². The molecule has 0 amide bonds. The van der Waals surface area contributed by atoms with Gasteiger partial charge in [0.2, 0.25) is 0 Å². The zero-order valence-corrected chi connectivity index (χ0v) is 12.0. The van der Waals surface area contributed by atoms with Crippen molar-refractivity contribution in [1.82, 2.24) is 4.90 Å². The Morgan fingerprint density at radius 3 is 3.11 bits per heavy atom. The van der Waals surface area contributed by atoms with Crippen LogP contribution in [0.5, 0.6) is 0 Å². The second kappa shape index (κ2) is 4.07. The molecule has 4 aliphatic rings. The van der Waals surface area contributed by atoms with E-state index >= 15 is 0 Å². The second-order valence-electron chi connectivity index (χ2n) is 6.56. The molecule has 19 heavy (non-hydrogen) atoms.